The molecule has 5 heteroatoms. The molecule has 3 rings (SSSR count). The van der Waals surface area contributed by atoms with Crippen molar-refractivity contribution in [1.82, 2.24) is 5.32 Å². The average Bonchev–Trinajstić information content (AvgIpc) is 3.02. The van der Waals surface area contributed by atoms with E-state index in [0.29, 0.717) is 16.6 Å². The lowest BCUT2D eigenvalue weighted by Gasteiger charge is -2.01. The number of nitrogens with one attached hydrogen (secondary N) is 1. The van der Waals surface area contributed by atoms with E-state index in [2.05, 4.69) is 21.2 Å². The van der Waals surface area contributed by atoms with Crippen molar-refractivity contribution in [2.45, 2.75) is 18.9 Å². The highest BCUT2D eigenvalue weighted by Gasteiger charge is 2.26. The number of carbonyl (C=O) groups excluding carboxylic acids is 1. The van der Waals surface area contributed by atoms with E-state index in [1.54, 1.807) is 0 Å². The Kier molecular flexibility index (Phi) is 2.60. The Morgan fingerprint density at radius 3 is 2.88 bits per heavy atom. The van der Waals surface area contributed by atoms with Crippen LogP contribution < -0.4 is 11.1 Å². The molecule has 0 unspecified atom stereocenters. The van der Waals surface area contributed by atoms with Gasteiger partial charge in [-0.05, 0) is 25.0 Å². The first-order chi connectivity index (χ1) is 8.16. The van der Waals surface area contributed by atoms with Crippen molar-refractivity contribution >= 4 is 48.9 Å². The molecule has 0 atom stereocenters. The van der Waals surface area contributed by atoms with Gasteiger partial charge in [-0.15, -0.1) is 11.3 Å². The predicted molar refractivity (Wildman–Crippen MR) is 74.4 cm³/mol. The lowest BCUT2D eigenvalue weighted by atomic mass is 10.2. The van der Waals surface area contributed by atoms with E-state index in [4.69, 9.17) is 5.73 Å². The number of amides is 1. The van der Waals surface area contributed by atoms with E-state index in [0.717, 1.165) is 27.4 Å². The minimum absolute atomic E-state index is 0.0434. The third-order valence-corrected chi connectivity index (χ3v) is 4.65. The van der Waals surface area contributed by atoms with Crippen LogP contribution in [0.5, 0.6) is 0 Å². The smallest absolute Gasteiger partial charge is 0.263 e. The van der Waals surface area contributed by atoms with Gasteiger partial charge in [0.15, 0.2) is 0 Å². The van der Waals surface area contributed by atoms with E-state index >= 15 is 0 Å². The molecular weight excluding hydrogens is 300 g/mol. The zero-order valence-electron chi connectivity index (χ0n) is 9.00. The molecule has 3 nitrogen and oxygen atoms in total. The van der Waals surface area contributed by atoms with Crippen LogP contribution in [0.4, 0.5) is 5.69 Å². The van der Waals surface area contributed by atoms with E-state index in [-0.39, 0.29) is 5.91 Å². The second-order valence-electron chi connectivity index (χ2n) is 4.21. The summed E-state index contributed by atoms with van der Waals surface area (Å²) in [4.78, 5) is 12.6. The van der Waals surface area contributed by atoms with Crippen molar-refractivity contribution in [2.24, 2.45) is 0 Å². The molecule has 0 bridgehead atoms. The van der Waals surface area contributed by atoms with Crippen LogP contribution in [0.25, 0.3) is 10.1 Å². The Hall–Kier alpha value is -1.07. The lowest BCUT2D eigenvalue weighted by Crippen LogP contribution is -2.25. The molecule has 0 saturated heterocycles. The molecule has 0 radical (unpaired) electrons. The maximum absolute atomic E-state index is 12.0. The quantitative estimate of drug-likeness (QED) is 0.895. The number of benzene rings is 1. The zero-order chi connectivity index (χ0) is 12.0. The predicted octanol–water partition coefficient (Wildman–Crippen LogP) is 3.14. The first-order valence-electron chi connectivity index (χ1n) is 5.44. The summed E-state index contributed by atoms with van der Waals surface area (Å²) < 4.78 is 1.98. The van der Waals surface area contributed by atoms with Gasteiger partial charge in [-0.3, -0.25) is 4.79 Å². The number of fused-ring (bicyclic) bond motifs is 1. The van der Waals surface area contributed by atoms with Gasteiger partial charge in [-0.2, -0.15) is 0 Å². The fourth-order valence-electron chi connectivity index (χ4n) is 1.78. The van der Waals surface area contributed by atoms with Gasteiger partial charge < -0.3 is 11.1 Å². The summed E-state index contributed by atoms with van der Waals surface area (Å²) in [5.41, 5.74) is 6.64. The van der Waals surface area contributed by atoms with Crippen LogP contribution in [0.15, 0.2) is 22.7 Å². The number of anilines is 1. The highest BCUT2D eigenvalue weighted by Crippen LogP contribution is 2.38. The van der Waals surface area contributed by atoms with Crippen molar-refractivity contribution in [3.63, 3.8) is 0 Å². The molecule has 1 saturated carbocycles. The SMILES string of the molecule is Nc1c(C(=O)NC2CC2)sc2cccc(Br)c12. The Labute approximate surface area is 111 Å². The van der Waals surface area contributed by atoms with Crippen LogP contribution in [0.1, 0.15) is 22.5 Å². The van der Waals surface area contributed by atoms with Gasteiger partial charge in [0.2, 0.25) is 0 Å². The monoisotopic (exact) mass is 310 g/mol. The summed E-state index contributed by atoms with van der Waals surface area (Å²) in [6.45, 7) is 0. The minimum Gasteiger partial charge on any atom is -0.397 e. The molecule has 3 N–H and O–H groups in total. The van der Waals surface area contributed by atoms with Crippen molar-refractivity contribution in [2.75, 3.05) is 5.73 Å². The first-order valence-corrected chi connectivity index (χ1v) is 7.05. The normalized spacial score (nSPS) is 15.1. The van der Waals surface area contributed by atoms with Crippen molar-refractivity contribution in [3.05, 3.63) is 27.5 Å². The second-order valence-corrected chi connectivity index (χ2v) is 6.11. The molecule has 0 aliphatic heterocycles. The summed E-state index contributed by atoms with van der Waals surface area (Å²) in [5, 5.41) is 3.91. The molecular formula is C12H11BrN2OS. The van der Waals surface area contributed by atoms with Gasteiger partial charge >= 0.3 is 0 Å². The number of carbonyl (C=O) groups is 1. The van der Waals surface area contributed by atoms with Gasteiger partial charge in [0, 0.05) is 20.6 Å². The van der Waals surface area contributed by atoms with Crippen LogP contribution in [0.3, 0.4) is 0 Å². The molecule has 2 aromatic rings. The number of thiophene rings is 1. The van der Waals surface area contributed by atoms with Crippen LogP contribution >= 0.6 is 27.3 Å². The lowest BCUT2D eigenvalue weighted by molar-refractivity contribution is 0.0956. The maximum Gasteiger partial charge on any atom is 0.263 e. The van der Waals surface area contributed by atoms with Crippen molar-refractivity contribution < 1.29 is 4.79 Å². The summed E-state index contributed by atoms with van der Waals surface area (Å²) in [5.74, 6) is -0.0434. The standard InChI is InChI=1S/C12H11BrN2OS/c13-7-2-1-3-8-9(7)10(14)11(17-8)12(16)15-6-4-5-6/h1-3,6H,4-5,14H2,(H,15,16). The number of hydrogen-bond donors (Lipinski definition) is 2. The zero-order valence-corrected chi connectivity index (χ0v) is 11.4. The molecule has 1 aliphatic rings. The third-order valence-electron chi connectivity index (χ3n) is 2.82. The largest absolute Gasteiger partial charge is 0.397 e. The van der Waals surface area contributed by atoms with Crippen molar-refractivity contribution in [1.29, 1.82) is 0 Å². The number of hydrogen-bond acceptors (Lipinski definition) is 3. The fourth-order valence-corrected chi connectivity index (χ4v) is 3.54. The first kappa shape index (κ1) is 11.0. The highest BCUT2D eigenvalue weighted by molar-refractivity contribution is 9.10. The number of nitrogens with two attached hydrogens (primary N) is 1. The molecule has 1 aliphatic carbocycles. The average molecular weight is 311 g/mol. The molecule has 0 spiro atoms. The Morgan fingerprint density at radius 2 is 2.24 bits per heavy atom. The number of nitrogen functional groups attached to an aromatic ring is 1. The van der Waals surface area contributed by atoms with Crippen LogP contribution in [0, 0.1) is 0 Å². The molecule has 88 valence electrons. The van der Waals surface area contributed by atoms with Crippen LogP contribution in [0.2, 0.25) is 0 Å². The summed E-state index contributed by atoms with van der Waals surface area (Å²) in [6, 6.07) is 6.23. The van der Waals surface area contributed by atoms with Gasteiger partial charge in [-0.25, -0.2) is 0 Å². The minimum atomic E-state index is -0.0434. The van der Waals surface area contributed by atoms with Gasteiger partial charge in [0.1, 0.15) is 4.88 Å². The Bertz CT molecular complexity index is 604. The van der Waals surface area contributed by atoms with Gasteiger partial charge in [-0.1, -0.05) is 22.0 Å². The molecule has 1 heterocycles. The maximum atomic E-state index is 12.0. The summed E-state index contributed by atoms with van der Waals surface area (Å²) in [6.07, 6.45) is 2.17. The summed E-state index contributed by atoms with van der Waals surface area (Å²) >= 11 is 4.92. The molecule has 1 amide bonds. The fraction of sp³-hybridized carbons (Fsp3) is 0.250. The molecule has 1 fully saturated rings. The molecule has 1 aromatic heterocycles. The van der Waals surface area contributed by atoms with Gasteiger partial charge in [0.05, 0.1) is 5.69 Å². The van der Waals surface area contributed by atoms with Gasteiger partial charge in [0.25, 0.3) is 5.91 Å². The summed E-state index contributed by atoms with van der Waals surface area (Å²) in [7, 11) is 0. The topological polar surface area (TPSA) is 55.1 Å². The molecule has 17 heavy (non-hydrogen) atoms. The molecule has 1 aromatic carbocycles. The van der Waals surface area contributed by atoms with E-state index in [1.807, 2.05) is 18.2 Å². The van der Waals surface area contributed by atoms with E-state index < -0.39 is 0 Å². The highest BCUT2D eigenvalue weighted by atomic mass is 79.9. The van der Waals surface area contributed by atoms with E-state index in [9.17, 15) is 4.79 Å². The van der Waals surface area contributed by atoms with Crippen molar-refractivity contribution in [3.8, 4) is 0 Å². The van der Waals surface area contributed by atoms with Crippen LogP contribution in [-0.4, -0.2) is 11.9 Å². The third kappa shape index (κ3) is 1.93. The Morgan fingerprint density at radius 1 is 1.47 bits per heavy atom. The van der Waals surface area contributed by atoms with E-state index in [1.165, 1.54) is 11.3 Å². The van der Waals surface area contributed by atoms with Crippen LogP contribution in [-0.2, 0) is 0 Å². The Balaban J connectivity index is 2.07. The number of rotatable bonds is 2. The second kappa shape index (κ2) is 3.99. The number of halogens is 1.